The summed E-state index contributed by atoms with van der Waals surface area (Å²) in [7, 11) is 3.51. The summed E-state index contributed by atoms with van der Waals surface area (Å²) in [4.78, 5) is 6.92. The smallest absolute Gasteiger partial charge is 0.191 e. The van der Waals surface area contributed by atoms with Crippen LogP contribution in [0.5, 0.6) is 11.5 Å². The van der Waals surface area contributed by atoms with Crippen molar-refractivity contribution in [1.29, 1.82) is 0 Å². The summed E-state index contributed by atoms with van der Waals surface area (Å²) >= 11 is 0. The molecule has 0 aromatic heterocycles. The van der Waals surface area contributed by atoms with E-state index in [2.05, 4.69) is 53.4 Å². The van der Waals surface area contributed by atoms with Crippen LogP contribution in [0.3, 0.4) is 0 Å². The molecule has 2 rings (SSSR count). The number of rotatable bonds is 9. The van der Waals surface area contributed by atoms with Crippen LogP contribution in [-0.2, 0) is 6.42 Å². The molecule has 158 valence electrons. The van der Waals surface area contributed by atoms with Gasteiger partial charge in [-0.3, -0.25) is 9.89 Å². The molecule has 1 fully saturated rings. The second-order valence-corrected chi connectivity index (χ2v) is 7.80. The molecular formula is C22H38N4O2. The highest BCUT2D eigenvalue weighted by molar-refractivity contribution is 5.80. The lowest BCUT2D eigenvalue weighted by Crippen LogP contribution is -2.47. The van der Waals surface area contributed by atoms with E-state index in [-0.39, 0.29) is 0 Å². The average molecular weight is 391 g/mol. The van der Waals surface area contributed by atoms with Crippen LogP contribution in [0.15, 0.2) is 23.2 Å². The van der Waals surface area contributed by atoms with Crippen molar-refractivity contribution in [1.82, 2.24) is 15.5 Å². The maximum atomic E-state index is 5.67. The van der Waals surface area contributed by atoms with E-state index in [9.17, 15) is 0 Å². The highest BCUT2D eigenvalue weighted by Gasteiger charge is 2.31. The van der Waals surface area contributed by atoms with Crippen LogP contribution in [0.2, 0.25) is 0 Å². The van der Waals surface area contributed by atoms with Gasteiger partial charge in [0.25, 0.3) is 0 Å². The SMILES string of the molecule is CCOc1cc(CCCNC(=NC)NC2CN(C(C)C)CC2C)ccc1OC. The fourth-order valence-electron chi connectivity index (χ4n) is 3.63. The third kappa shape index (κ3) is 6.30. The number of nitrogens with zero attached hydrogens (tertiary/aromatic N) is 2. The zero-order valence-electron chi connectivity index (χ0n) is 18.4. The number of hydrogen-bond donors (Lipinski definition) is 2. The van der Waals surface area contributed by atoms with Crippen molar-refractivity contribution in [2.75, 3.05) is 40.4 Å². The number of aryl methyl sites for hydroxylation is 1. The highest BCUT2D eigenvalue weighted by Crippen LogP contribution is 2.28. The molecule has 1 aliphatic rings. The monoisotopic (exact) mass is 390 g/mol. The van der Waals surface area contributed by atoms with E-state index in [4.69, 9.17) is 9.47 Å². The molecule has 0 bridgehead atoms. The summed E-state index contributed by atoms with van der Waals surface area (Å²) in [5.41, 5.74) is 1.26. The van der Waals surface area contributed by atoms with E-state index in [1.54, 1.807) is 7.11 Å². The molecule has 0 saturated carbocycles. The summed E-state index contributed by atoms with van der Waals surface area (Å²) in [6, 6.07) is 7.21. The molecule has 1 heterocycles. The molecule has 0 spiro atoms. The van der Waals surface area contributed by atoms with Crippen LogP contribution in [-0.4, -0.2) is 63.3 Å². The lowest BCUT2D eigenvalue weighted by molar-refractivity contribution is 0.265. The second-order valence-electron chi connectivity index (χ2n) is 7.80. The van der Waals surface area contributed by atoms with Crippen molar-refractivity contribution in [3.63, 3.8) is 0 Å². The molecule has 0 aliphatic carbocycles. The molecule has 2 atom stereocenters. The normalized spacial score (nSPS) is 20.5. The van der Waals surface area contributed by atoms with Crippen molar-refractivity contribution in [3.05, 3.63) is 23.8 Å². The van der Waals surface area contributed by atoms with Crippen LogP contribution in [0.25, 0.3) is 0 Å². The Hall–Kier alpha value is -1.95. The van der Waals surface area contributed by atoms with E-state index in [1.165, 1.54) is 5.56 Å². The van der Waals surface area contributed by atoms with Gasteiger partial charge in [0, 0.05) is 38.8 Å². The summed E-state index contributed by atoms with van der Waals surface area (Å²) in [5, 5.41) is 7.06. The Bertz CT molecular complexity index is 633. The van der Waals surface area contributed by atoms with Crippen molar-refractivity contribution in [2.24, 2.45) is 10.9 Å². The Kier molecular flexibility index (Phi) is 8.90. The molecular weight excluding hydrogens is 352 g/mol. The Morgan fingerprint density at radius 3 is 2.68 bits per heavy atom. The van der Waals surface area contributed by atoms with Gasteiger partial charge in [0.2, 0.25) is 0 Å². The predicted octanol–water partition coefficient (Wildman–Crippen LogP) is 2.92. The first-order chi connectivity index (χ1) is 13.5. The third-order valence-electron chi connectivity index (χ3n) is 5.38. The molecule has 28 heavy (non-hydrogen) atoms. The number of nitrogens with one attached hydrogen (secondary N) is 2. The average Bonchev–Trinajstić information content (AvgIpc) is 3.05. The number of guanidine groups is 1. The zero-order valence-corrected chi connectivity index (χ0v) is 18.4. The lowest BCUT2D eigenvalue weighted by Gasteiger charge is -2.22. The lowest BCUT2D eigenvalue weighted by atomic mass is 10.1. The number of benzene rings is 1. The number of aliphatic imine (C=N–C) groups is 1. The first-order valence-electron chi connectivity index (χ1n) is 10.5. The van der Waals surface area contributed by atoms with Gasteiger partial charge in [-0.25, -0.2) is 0 Å². The quantitative estimate of drug-likeness (QED) is 0.386. The molecule has 1 aromatic rings. The molecule has 2 unspecified atom stereocenters. The molecule has 6 heteroatoms. The summed E-state index contributed by atoms with van der Waals surface area (Å²) in [5.74, 6) is 3.12. The Morgan fingerprint density at radius 2 is 2.07 bits per heavy atom. The predicted molar refractivity (Wildman–Crippen MR) is 117 cm³/mol. The van der Waals surface area contributed by atoms with E-state index in [1.807, 2.05) is 20.0 Å². The maximum absolute atomic E-state index is 5.67. The van der Waals surface area contributed by atoms with Crippen molar-refractivity contribution in [2.45, 2.75) is 52.6 Å². The van der Waals surface area contributed by atoms with E-state index in [0.717, 1.165) is 49.9 Å². The number of methoxy groups -OCH3 is 1. The van der Waals surface area contributed by atoms with Crippen LogP contribution in [0.1, 0.15) is 39.7 Å². The van der Waals surface area contributed by atoms with Crippen LogP contribution < -0.4 is 20.1 Å². The van der Waals surface area contributed by atoms with Crippen LogP contribution >= 0.6 is 0 Å². The van der Waals surface area contributed by atoms with Crippen LogP contribution in [0.4, 0.5) is 0 Å². The fraction of sp³-hybridized carbons (Fsp3) is 0.682. The Balaban J connectivity index is 1.78. The van der Waals surface area contributed by atoms with Gasteiger partial charge >= 0.3 is 0 Å². The Labute approximate surface area is 170 Å². The minimum Gasteiger partial charge on any atom is -0.493 e. The van der Waals surface area contributed by atoms with E-state index >= 15 is 0 Å². The second kappa shape index (κ2) is 11.1. The summed E-state index contributed by atoms with van der Waals surface area (Å²) in [6.45, 7) is 12.6. The largest absolute Gasteiger partial charge is 0.493 e. The minimum absolute atomic E-state index is 0.448. The minimum atomic E-state index is 0.448. The van der Waals surface area contributed by atoms with Crippen molar-refractivity contribution < 1.29 is 9.47 Å². The summed E-state index contributed by atoms with van der Waals surface area (Å²) in [6.07, 6.45) is 2.01. The number of ether oxygens (including phenoxy) is 2. The topological polar surface area (TPSA) is 58.1 Å². The van der Waals surface area contributed by atoms with Gasteiger partial charge in [-0.05, 0) is 57.2 Å². The molecule has 2 N–H and O–H groups in total. The van der Waals surface area contributed by atoms with Gasteiger partial charge < -0.3 is 20.1 Å². The van der Waals surface area contributed by atoms with Gasteiger partial charge in [-0.2, -0.15) is 0 Å². The summed E-state index contributed by atoms with van der Waals surface area (Å²) < 4.78 is 11.0. The molecule has 1 aromatic carbocycles. The zero-order chi connectivity index (χ0) is 20.5. The van der Waals surface area contributed by atoms with Crippen molar-refractivity contribution >= 4 is 5.96 Å². The highest BCUT2D eigenvalue weighted by atomic mass is 16.5. The van der Waals surface area contributed by atoms with Gasteiger partial charge in [0.05, 0.1) is 13.7 Å². The first-order valence-corrected chi connectivity index (χ1v) is 10.5. The van der Waals surface area contributed by atoms with Gasteiger partial charge in [0.1, 0.15) is 0 Å². The standard InChI is InChI=1S/C22H38N4O2/c1-7-28-21-13-18(10-11-20(21)27-6)9-8-12-24-22(23-5)25-19-15-26(16(2)3)14-17(19)4/h10-11,13,16-17,19H,7-9,12,14-15H2,1-6H3,(H2,23,24,25). The third-order valence-corrected chi connectivity index (χ3v) is 5.38. The van der Waals surface area contributed by atoms with Crippen molar-refractivity contribution in [3.8, 4) is 11.5 Å². The van der Waals surface area contributed by atoms with E-state index < -0.39 is 0 Å². The molecule has 1 saturated heterocycles. The van der Waals surface area contributed by atoms with Crippen LogP contribution in [0, 0.1) is 5.92 Å². The van der Waals surface area contributed by atoms with Gasteiger partial charge in [-0.15, -0.1) is 0 Å². The maximum Gasteiger partial charge on any atom is 0.191 e. The number of hydrogen-bond acceptors (Lipinski definition) is 4. The molecule has 6 nitrogen and oxygen atoms in total. The first kappa shape index (κ1) is 22.3. The Morgan fingerprint density at radius 1 is 1.29 bits per heavy atom. The fourth-order valence-corrected chi connectivity index (χ4v) is 3.63. The molecule has 1 aliphatic heterocycles. The van der Waals surface area contributed by atoms with Gasteiger partial charge in [0.15, 0.2) is 17.5 Å². The number of likely N-dealkylation sites (tertiary alicyclic amines) is 1. The van der Waals surface area contributed by atoms with Gasteiger partial charge in [-0.1, -0.05) is 13.0 Å². The van der Waals surface area contributed by atoms with E-state index in [0.29, 0.717) is 24.6 Å². The molecule has 0 radical (unpaired) electrons. The molecule has 0 amide bonds.